The predicted molar refractivity (Wildman–Crippen MR) is 73.8 cm³/mol. The third-order valence-corrected chi connectivity index (χ3v) is 3.16. The number of carbonyl (C=O) groups is 2. The van der Waals surface area contributed by atoms with Crippen molar-refractivity contribution in [1.82, 2.24) is 0 Å². The van der Waals surface area contributed by atoms with Crippen LogP contribution in [0.2, 0.25) is 0 Å². The van der Waals surface area contributed by atoms with E-state index in [1.54, 1.807) is 12.2 Å². The second-order valence-electron chi connectivity index (χ2n) is 4.60. The highest BCUT2D eigenvalue weighted by molar-refractivity contribution is 5.97. The van der Waals surface area contributed by atoms with E-state index in [1.165, 1.54) is 25.3 Å². The van der Waals surface area contributed by atoms with Crippen LogP contribution in [0.1, 0.15) is 16.8 Å². The fourth-order valence-electron chi connectivity index (χ4n) is 2.09. The fourth-order valence-corrected chi connectivity index (χ4v) is 2.09. The van der Waals surface area contributed by atoms with Crippen LogP contribution in [0.15, 0.2) is 30.4 Å². The molecule has 2 unspecified atom stereocenters. The molecule has 4 N–H and O–H groups in total. The third-order valence-electron chi connectivity index (χ3n) is 3.16. The zero-order chi connectivity index (χ0) is 14.7. The molecule has 0 heterocycles. The lowest BCUT2D eigenvalue weighted by atomic mass is 10.1. The number of anilines is 1. The first-order chi connectivity index (χ1) is 9.51. The summed E-state index contributed by atoms with van der Waals surface area (Å²) in [5, 5.41) is 11.7. The van der Waals surface area contributed by atoms with Gasteiger partial charge in [0.15, 0.2) is 0 Å². The molecule has 0 bridgehead atoms. The Bertz CT molecular complexity index is 568. The molecule has 2 rings (SSSR count). The summed E-state index contributed by atoms with van der Waals surface area (Å²) in [6.45, 7) is 0. The summed E-state index contributed by atoms with van der Waals surface area (Å²) < 4.78 is 5.11. The largest absolute Gasteiger partial charge is 0.495 e. The number of benzene rings is 1. The van der Waals surface area contributed by atoms with Crippen molar-refractivity contribution in [3.63, 3.8) is 0 Å². The van der Waals surface area contributed by atoms with Gasteiger partial charge < -0.3 is 20.9 Å². The number of carboxylic acid groups (broad SMARTS) is 1. The smallest absolute Gasteiger partial charge is 0.335 e. The fraction of sp³-hybridized carbons (Fsp3) is 0.286. The van der Waals surface area contributed by atoms with Gasteiger partial charge in [-0.3, -0.25) is 4.79 Å². The maximum Gasteiger partial charge on any atom is 0.335 e. The van der Waals surface area contributed by atoms with Crippen LogP contribution in [0.3, 0.4) is 0 Å². The zero-order valence-corrected chi connectivity index (χ0v) is 11.0. The average Bonchev–Trinajstić information content (AvgIpc) is 2.85. The van der Waals surface area contributed by atoms with E-state index in [4.69, 9.17) is 15.6 Å². The minimum atomic E-state index is -1.06. The quantitative estimate of drug-likeness (QED) is 0.718. The van der Waals surface area contributed by atoms with Crippen LogP contribution in [0.25, 0.3) is 0 Å². The highest BCUT2D eigenvalue weighted by Gasteiger charge is 2.23. The van der Waals surface area contributed by atoms with Crippen LogP contribution >= 0.6 is 0 Å². The molecule has 0 radical (unpaired) electrons. The Kier molecular flexibility index (Phi) is 4.05. The summed E-state index contributed by atoms with van der Waals surface area (Å²) in [5.41, 5.74) is 6.13. The molecular weight excluding hydrogens is 260 g/mol. The molecule has 0 aliphatic heterocycles. The number of hydrogen-bond acceptors (Lipinski definition) is 4. The van der Waals surface area contributed by atoms with E-state index < -0.39 is 5.97 Å². The highest BCUT2D eigenvalue weighted by atomic mass is 16.5. The van der Waals surface area contributed by atoms with E-state index in [2.05, 4.69) is 5.32 Å². The molecule has 1 amide bonds. The predicted octanol–water partition coefficient (Wildman–Crippen LogP) is 1.24. The lowest BCUT2D eigenvalue weighted by Gasteiger charge is -2.14. The molecule has 1 aliphatic rings. The Morgan fingerprint density at radius 1 is 1.40 bits per heavy atom. The number of rotatable bonds is 4. The van der Waals surface area contributed by atoms with Gasteiger partial charge in [-0.1, -0.05) is 12.2 Å². The molecule has 6 nitrogen and oxygen atoms in total. The number of methoxy groups -OCH3 is 1. The van der Waals surface area contributed by atoms with Crippen molar-refractivity contribution in [3.05, 3.63) is 35.9 Å². The maximum atomic E-state index is 12.1. The number of amides is 1. The molecule has 0 saturated carbocycles. The molecule has 2 atom stereocenters. The highest BCUT2D eigenvalue weighted by Crippen LogP contribution is 2.27. The maximum absolute atomic E-state index is 12.1. The minimum absolute atomic E-state index is 0.0831. The molecule has 0 aromatic heterocycles. The van der Waals surface area contributed by atoms with E-state index >= 15 is 0 Å². The second kappa shape index (κ2) is 5.75. The Balaban J connectivity index is 2.19. The third kappa shape index (κ3) is 2.97. The number of ether oxygens (including phenoxy) is 1. The molecular formula is C14H16N2O4. The number of nitrogens with two attached hydrogens (primary N) is 1. The topological polar surface area (TPSA) is 102 Å². The number of nitrogens with one attached hydrogen (secondary N) is 1. The van der Waals surface area contributed by atoms with Crippen molar-refractivity contribution in [1.29, 1.82) is 0 Å². The first-order valence-electron chi connectivity index (χ1n) is 6.17. The molecule has 106 valence electrons. The first kappa shape index (κ1) is 14.1. The number of carboxylic acids is 1. The molecule has 20 heavy (non-hydrogen) atoms. The van der Waals surface area contributed by atoms with Gasteiger partial charge in [0.05, 0.1) is 24.3 Å². The summed E-state index contributed by atoms with van der Waals surface area (Å²) >= 11 is 0. The van der Waals surface area contributed by atoms with Gasteiger partial charge in [-0.05, 0) is 24.6 Å². The Labute approximate surface area is 116 Å². The molecule has 1 aromatic rings. The summed E-state index contributed by atoms with van der Waals surface area (Å²) in [5.74, 6) is -1.18. The van der Waals surface area contributed by atoms with Crippen LogP contribution in [0, 0.1) is 5.92 Å². The SMILES string of the molecule is COc1ccc(C(=O)O)cc1NC(=O)C1C=CC(N)C1. The molecule has 0 fully saturated rings. The van der Waals surface area contributed by atoms with E-state index in [-0.39, 0.29) is 23.4 Å². The van der Waals surface area contributed by atoms with Crippen molar-refractivity contribution >= 4 is 17.6 Å². The standard InChI is InChI=1S/C14H16N2O4/c1-20-12-5-3-9(14(18)19)7-11(12)16-13(17)8-2-4-10(15)6-8/h2-5,7-8,10H,6,15H2,1H3,(H,16,17)(H,18,19). The van der Waals surface area contributed by atoms with Crippen molar-refractivity contribution in [2.24, 2.45) is 11.7 Å². The monoisotopic (exact) mass is 276 g/mol. The number of aromatic carboxylic acids is 1. The lowest BCUT2D eigenvalue weighted by molar-refractivity contribution is -0.118. The molecule has 0 saturated heterocycles. The van der Waals surface area contributed by atoms with Crippen LogP contribution in [-0.4, -0.2) is 30.1 Å². The van der Waals surface area contributed by atoms with E-state index in [0.29, 0.717) is 17.9 Å². The van der Waals surface area contributed by atoms with Gasteiger partial charge in [0.2, 0.25) is 5.91 Å². The minimum Gasteiger partial charge on any atom is -0.495 e. The second-order valence-corrected chi connectivity index (χ2v) is 4.60. The number of hydrogen-bond donors (Lipinski definition) is 3. The van der Waals surface area contributed by atoms with E-state index in [9.17, 15) is 9.59 Å². The van der Waals surface area contributed by atoms with E-state index in [0.717, 1.165) is 0 Å². The molecule has 1 aliphatic carbocycles. The first-order valence-corrected chi connectivity index (χ1v) is 6.17. The number of carbonyl (C=O) groups excluding carboxylic acids is 1. The van der Waals surface area contributed by atoms with Crippen LogP contribution < -0.4 is 15.8 Å². The summed E-state index contributed by atoms with van der Waals surface area (Å²) in [4.78, 5) is 23.0. The molecule has 0 spiro atoms. The lowest BCUT2D eigenvalue weighted by Crippen LogP contribution is -2.24. The van der Waals surface area contributed by atoms with Crippen LogP contribution in [0.4, 0.5) is 5.69 Å². The van der Waals surface area contributed by atoms with Gasteiger partial charge in [-0.25, -0.2) is 4.79 Å². The van der Waals surface area contributed by atoms with Gasteiger partial charge in [0.1, 0.15) is 5.75 Å². The van der Waals surface area contributed by atoms with E-state index in [1.807, 2.05) is 0 Å². The van der Waals surface area contributed by atoms with Gasteiger partial charge in [0, 0.05) is 6.04 Å². The zero-order valence-electron chi connectivity index (χ0n) is 11.0. The van der Waals surface area contributed by atoms with Crippen LogP contribution in [-0.2, 0) is 4.79 Å². The normalized spacial score (nSPS) is 20.7. The van der Waals surface area contributed by atoms with Crippen LogP contribution in [0.5, 0.6) is 5.75 Å². The van der Waals surface area contributed by atoms with Crippen molar-refractivity contribution in [3.8, 4) is 5.75 Å². The van der Waals surface area contributed by atoms with Gasteiger partial charge in [-0.2, -0.15) is 0 Å². The summed E-state index contributed by atoms with van der Waals surface area (Å²) in [7, 11) is 1.46. The summed E-state index contributed by atoms with van der Waals surface area (Å²) in [6.07, 6.45) is 4.09. The summed E-state index contributed by atoms with van der Waals surface area (Å²) in [6, 6.07) is 4.19. The Morgan fingerprint density at radius 2 is 2.15 bits per heavy atom. The molecule has 6 heteroatoms. The molecule has 1 aromatic carbocycles. The van der Waals surface area contributed by atoms with Crippen molar-refractivity contribution in [2.45, 2.75) is 12.5 Å². The van der Waals surface area contributed by atoms with Gasteiger partial charge in [0.25, 0.3) is 0 Å². The Hall–Kier alpha value is -2.34. The average molecular weight is 276 g/mol. The van der Waals surface area contributed by atoms with Gasteiger partial charge in [-0.15, -0.1) is 0 Å². The van der Waals surface area contributed by atoms with Crippen molar-refractivity contribution in [2.75, 3.05) is 12.4 Å². The van der Waals surface area contributed by atoms with Gasteiger partial charge >= 0.3 is 5.97 Å². The Morgan fingerprint density at radius 3 is 2.70 bits per heavy atom. The van der Waals surface area contributed by atoms with Crippen molar-refractivity contribution < 1.29 is 19.4 Å².